The van der Waals surface area contributed by atoms with E-state index >= 15 is 0 Å². The number of rotatable bonds is 6. The number of carbonyl (C=O) groups excluding carboxylic acids is 1. The molecule has 2 fully saturated rings. The number of nitriles is 1. The van der Waals surface area contributed by atoms with Crippen LogP contribution in [0.5, 0.6) is 0 Å². The summed E-state index contributed by atoms with van der Waals surface area (Å²) in [6, 6.07) is 21.7. The van der Waals surface area contributed by atoms with E-state index in [4.69, 9.17) is 11.0 Å². The average molecular weight is 386 g/mol. The highest BCUT2D eigenvalue weighted by molar-refractivity contribution is 5.92. The van der Waals surface area contributed by atoms with Crippen molar-refractivity contribution in [1.82, 2.24) is 4.90 Å². The lowest BCUT2D eigenvalue weighted by molar-refractivity contribution is 0.100. The predicted molar refractivity (Wildman–Crippen MR) is 115 cm³/mol. The molecule has 2 aliphatic rings. The number of allylic oxidation sites excluding steroid dienone is 1. The number of benzene rings is 2. The number of nitrogens with zero attached hydrogens (tertiary/aromatic N) is 2. The average Bonchev–Trinajstić information content (AvgIpc) is 2.97. The Morgan fingerprint density at radius 3 is 2.24 bits per heavy atom. The van der Waals surface area contributed by atoms with Crippen molar-refractivity contribution in [2.75, 3.05) is 6.54 Å². The van der Waals surface area contributed by atoms with Gasteiger partial charge in [0.25, 0.3) is 0 Å². The summed E-state index contributed by atoms with van der Waals surface area (Å²) in [6.45, 7) is 0.551. The summed E-state index contributed by atoms with van der Waals surface area (Å²) in [5, 5.41) is 9.17. The summed E-state index contributed by atoms with van der Waals surface area (Å²) in [4.78, 5) is 13.7. The lowest BCUT2D eigenvalue weighted by atomic mass is 9.86. The molecule has 29 heavy (non-hydrogen) atoms. The normalized spacial score (nSPS) is 21.0. The summed E-state index contributed by atoms with van der Waals surface area (Å²) in [7, 11) is 0. The van der Waals surface area contributed by atoms with Gasteiger partial charge in [-0.05, 0) is 67.4 Å². The molecule has 4 rings (SSSR count). The number of aryl methyl sites for hydroxylation is 1. The first-order chi connectivity index (χ1) is 14.2. The van der Waals surface area contributed by atoms with E-state index in [1.165, 1.54) is 29.5 Å². The molecule has 4 heteroatoms. The van der Waals surface area contributed by atoms with E-state index in [9.17, 15) is 4.79 Å². The number of carbonyl (C=O) groups is 1. The van der Waals surface area contributed by atoms with Gasteiger partial charge >= 0.3 is 0 Å². The van der Waals surface area contributed by atoms with Gasteiger partial charge in [0.15, 0.2) is 0 Å². The van der Waals surface area contributed by atoms with Crippen LogP contribution in [0.3, 0.4) is 0 Å². The van der Waals surface area contributed by atoms with E-state index in [2.05, 4.69) is 41.3 Å². The fourth-order valence-corrected chi connectivity index (χ4v) is 4.96. The molecular weight excluding hydrogens is 358 g/mol. The smallest absolute Gasteiger partial charge is 0.248 e. The van der Waals surface area contributed by atoms with Crippen LogP contribution in [-0.4, -0.2) is 29.4 Å². The Morgan fingerprint density at radius 2 is 1.66 bits per heavy atom. The number of amides is 1. The second-order valence-electron chi connectivity index (χ2n) is 8.13. The van der Waals surface area contributed by atoms with E-state index in [0.717, 1.165) is 25.7 Å². The first-order valence-corrected chi connectivity index (χ1v) is 10.4. The van der Waals surface area contributed by atoms with Crippen LogP contribution in [0.15, 0.2) is 60.2 Å². The summed E-state index contributed by atoms with van der Waals surface area (Å²) >= 11 is 0. The number of primary amides is 1. The lowest BCUT2D eigenvalue weighted by Crippen LogP contribution is -2.40. The van der Waals surface area contributed by atoms with E-state index < -0.39 is 0 Å². The maximum absolute atomic E-state index is 11.3. The minimum absolute atomic E-state index is 0.386. The number of fused-ring (bicyclic) bond motifs is 2. The Bertz CT molecular complexity index is 924. The van der Waals surface area contributed by atoms with Gasteiger partial charge in [0.1, 0.15) is 0 Å². The maximum atomic E-state index is 11.3. The van der Waals surface area contributed by atoms with Crippen LogP contribution in [0, 0.1) is 11.3 Å². The van der Waals surface area contributed by atoms with Crippen molar-refractivity contribution < 1.29 is 4.79 Å². The first kappa shape index (κ1) is 19.4. The van der Waals surface area contributed by atoms with Gasteiger partial charge in [-0.15, -0.1) is 0 Å². The second kappa shape index (κ2) is 8.63. The van der Waals surface area contributed by atoms with Crippen molar-refractivity contribution in [3.8, 4) is 6.07 Å². The summed E-state index contributed by atoms with van der Waals surface area (Å²) < 4.78 is 0. The van der Waals surface area contributed by atoms with Crippen molar-refractivity contribution in [1.29, 1.82) is 5.26 Å². The van der Waals surface area contributed by atoms with Gasteiger partial charge in [-0.1, -0.05) is 48.0 Å². The Kier molecular flexibility index (Phi) is 5.78. The van der Waals surface area contributed by atoms with Crippen LogP contribution in [0.1, 0.15) is 53.6 Å². The Labute approximate surface area is 172 Å². The van der Waals surface area contributed by atoms with Crippen LogP contribution < -0.4 is 5.73 Å². The van der Waals surface area contributed by atoms with Gasteiger partial charge in [-0.2, -0.15) is 5.26 Å². The molecule has 2 atom stereocenters. The SMILES string of the molecule is N#CCN1C2CCC1CC(=C(CCc1ccc(C(N)=O)cc1)c1ccccc1)C2. The Morgan fingerprint density at radius 1 is 1.00 bits per heavy atom. The number of piperidine rings is 1. The van der Waals surface area contributed by atoms with Gasteiger partial charge in [-0.3, -0.25) is 9.69 Å². The first-order valence-electron chi connectivity index (χ1n) is 10.4. The molecule has 0 radical (unpaired) electrons. The van der Waals surface area contributed by atoms with E-state index in [1.54, 1.807) is 5.57 Å². The second-order valence-corrected chi connectivity index (χ2v) is 8.13. The van der Waals surface area contributed by atoms with Gasteiger partial charge in [0.05, 0.1) is 12.6 Å². The molecular formula is C25H27N3O. The van der Waals surface area contributed by atoms with Crippen molar-refractivity contribution >= 4 is 11.5 Å². The topological polar surface area (TPSA) is 70.1 Å². The van der Waals surface area contributed by atoms with Crippen LogP contribution in [-0.2, 0) is 6.42 Å². The standard InChI is InChI=1S/C25H27N3O/c26-14-15-28-22-11-12-23(28)17-21(16-22)24(19-4-2-1-3-5-19)13-8-18-6-9-20(10-7-18)25(27)29/h1-7,9-10,22-23H,8,11-13,15-17H2,(H2,27,29). The molecule has 2 heterocycles. The zero-order valence-corrected chi connectivity index (χ0v) is 16.7. The van der Waals surface area contributed by atoms with Gasteiger partial charge in [0, 0.05) is 17.6 Å². The molecule has 148 valence electrons. The highest BCUT2D eigenvalue weighted by Crippen LogP contribution is 2.41. The van der Waals surface area contributed by atoms with Crippen LogP contribution in [0.2, 0.25) is 0 Å². The third-order valence-electron chi connectivity index (χ3n) is 6.44. The molecule has 0 saturated carbocycles. The monoisotopic (exact) mass is 385 g/mol. The van der Waals surface area contributed by atoms with Gasteiger partial charge in [0.2, 0.25) is 5.91 Å². The van der Waals surface area contributed by atoms with Crippen LogP contribution in [0.4, 0.5) is 0 Å². The molecule has 2 aromatic carbocycles. The van der Waals surface area contributed by atoms with Crippen molar-refractivity contribution in [2.45, 2.75) is 50.6 Å². The molecule has 2 aromatic rings. The van der Waals surface area contributed by atoms with Gasteiger partial charge in [-0.25, -0.2) is 0 Å². The van der Waals surface area contributed by atoms with E-state index in [0.29, 0.717) is 24.2 Å². The predicted octanol–water partition coefficient (Wildman–Crippen LogP) is 4.32. The summed E-state index contributed by atoms with van der Waals surface area (Å²) in [5.41, 5.74) is 11.5. The lowest BCUT2D eigenvalue weighted by Gasteiger charge is -2.35. The third-order valence-corrected chi connectivity index (χ3v) is 6.44. The van der Waals surface area contributed by atoms with Crippen molar-refractivity contribution in [3.05, 3.63) is 76.9 Å². The van der Waals surface area contributed by atoms with Crippen molar-refractivity contribution in [3.63, 3.8) is 0 Å². The molecule has 2 N–H and O–H groups in total. The molecule has 0 spiro atoms. The molecule has 0 aromatic heterocycles. The molecule has 2 unspecified atom stereocenters. The fourth-order valence-electron chi connectivity index (χ4n) is 4.96. The molecule has 2 aliphatic heterocycles. The van der Waals surface area contributed by atoms with Gasteiger partial charge < -0.3 is 5.73 Å². The quantitative estimate of drug-likeness (QED) is 0.753. The minimum Gasteiger partial charge on any atom is -0.366 e. The molecule has 2 saturated heterocycles. The van der Waals surface area contributed by atoms with Crippen LogP contribution in [0.25, 0.3) is 5.57 Å². The number of hydrogen-bond acceptors (Lipinski definition) is 3. The highest BCUT2D eigenvalue weighted by atomic mass is 16.1. The fraction of sp³-hybridized carbons (Fsp3) is 0.360. The summed E-state index contributed by atoms with van der Waals surface area (Å²) in [5.74, 6) is -0.386. The van der Waals surface area contributed by atoms with E-state index in [1.807, 2.05) is 24.3 Å². The Balaban J connectivity index is 1.57. The zero-order chi connectivity index (χ0) is 20.2. The number of hydrogen-bond donors (Lipinski definition) is 1. The third kappa shape index (κ3) is 4.26. The largest absolute Gasteiger partial charge is 0.366 e. The Hall–Kier alpha value is -2.90. The molecule has 4 nitrogen and oxygen atoms in total. The van der Waals surface area contributed by atoms with Crippen LogP contribution >= 0.6 is 0 Å². The van der Waals surface area contributed by atoms with E-state index in [-0.39, 0.29) is 5.91 Å². The zero-order valence-electron chi connectivity index (χ0n) is 16.7. The molecule has 0 aliphatic carbocycles. The number of nitrogens with two attached hydrogens (primary N) is 1. The maximum Gasteiger partial charge on any atom is 0.248 e. The highest BCUT2D eigenvalue weighted by Gasteiger charge is 2.38. The molecule has 2 bridgehead atoms. The molecule has 1 amide bonds. The van der Waals surface area contributed by atoms with Crippen molar-refractivity contribution in [2.24, 2.45) is 5.73 Å². The summed E-state index contributed by atoms with van der Waals surface area (Å²) in [6.07, 6.45) is 6.46. The minimum atomic E-state index is -0.386.